The lowest BCUT2D eigenvalue weighted by Crippen LogP contribution is -2.31. The summed E-state index contributed by atoms with van der Waals surface area (Å²) in [5.41, 5.74) is 0.733. The molecule has 2 rings (SSSR count). The van der Waals surface area contributed by atoms with Crippen LogP contribution in [0.2, 0.25) is 0 Å². The molecule has 0 saturated carbocycles. The number of benzene rings is 1. The molecule has 0 atom stereocenters. The van der Waals surface area contributed by atoms with Gasteiger partial charge in [0.15, 0.2) is 9.84 Å². The van der Waals surface area contributed by atoms with Gasteiger partial charge in [0.2, 0.25) is 5.91 Å². The van der Waals surface area contributed by atoms with Crippen LogP contribution in [0.25, 0.3) is 0 Å². The number of imide groups is 1. The van der Waals surface area contributed by atoms with Crippen LogP contribution in [0.4, 0.5) is 9.80 Å². The molecular weight excluding hydrogens is 432 g/mol. The Kier molecular flexibility index (Phi) is 7.57. The molecule has 1 heterocycles. The van der Waals surface area contributed by atoms with Crippen LogP contribution in [0.3, 0.4) is 0 Å². The van der Waals surface area contributed by atoms with Crippen LogP contribution in [0.5, 0.6) is 5.75 Å². The number of amides is 3. The first kappa shape index (κ1) is 23.4. The summed E-state index contributed by atoms with van der Waals surface area (Å²) in [6.45, 7) is 3.44. The third kappa shape index (κ3) is 5.57. The van der Waals surface area contributed by atoms with Gasteiger partial charge in [-0.2, -0.15) is 0 Å². The van der Waals surface area contributed by atoms with Crippen molar-refractivity contribution in [2.24, 2.45) is 0 Å². The van der Waals surface area contributed by atoms with Crippen LogP contribution in [0.15, 0.2) is 29.2 Å². The number of aryl methyl sites for hydroxylation is 1. The van der Waals surface area contributed by atoms with Gasteiger partial charge in [0.25, 0.3) is 5.91 Å². The van der Waals surface area contributed by atoms with Gasteiger partial charge in [-0.3, -0.25) is 14.9 Å². The molecule has 0 aliphatic heterocycles. The number of alkyl carbamates (subject to hydrolysis) is 1. The maximum absolute atomic E-state index is 12.4. The Bertz CT molecular complexity index is 1060. The lowest BCUT2D eigenvalue weighted by atomic mass is 10.1. The van der Waals surface area contributed by atoms with Gasteiger partial charge in [-0.25, -0.2) is 13.2 Å². The van der Waals surface area contributed by atoms with E-state index in [0.29, 0.717) is 11.3 Å². The highest BCUT2D eigenvalue weighted by Gasteiger charge is 2.23. The van der Waals surface area contributed by atoms with E-state index in [0.717, 1.165) is 23.3 Å². The standard InChI is InChI=1S/C19H22N2O7S2/c1-11-12(2)29-18(16(11)17(23)21-19(24)28-4)20-15(22)9-10-30(25,26)14-7-5-13(27-3)6-8-14/h5-8H,9-10H2,1-4H3,(H,20,22)(H,21,23,24). The number of carbonyl (C=O) groups excluding carboxylic acids is 3. The highest BCUT2D eigenvalue weighted by Crippen LogP contribution is 2.32. The van der Waals surface area contributed by atoms with E-state index in [4.69, 9.17) is 4.74 Å². The van der Waals surface area contributed by atoms with Gasteiger partial charge in [-0.05, 0) is 43.7 Å². The van der Waals surface area contributed by atoms with Crippen molar-refractivity contribution in [3.05, 3.63) is 40.3 Å². The number of nitrogens with one attached hydrogen (secondary N) is 2. The zero-order valence-corrected chi connectivity index (χ0v) is 18.5. The Morgan fingerprint density at radius 2 is 1.70 bits per heavy atom. The van der Waals surface area contributed by atoms with E-state index in [1.165, 1.54) is 31.4 Å². The quantitative estimate of drug-likeness (QED) is 0.658. The predicted octanol–water partition coefficient (Wildman–Crippen LogP) is 2.67. The van der Waals surface area contributed by atoms with Crippen LogP contribution >= 0.6 is 11.3 Å². The lowest BCUT2D eigenvalue weighted by Gasteiger charge is -2.08. The van der Waals surface area contributed by atoms with Crippen molar-refractivity contribution >= 4 is 44.1 Å². The SMILES string of the molecule is COC(=O)NC(=O)c1c(NC(=O)CCS(=O)(=O)c2ccc(OC)cc2)sc(C)c1C. The molecule has 11 heteroatoms. The van der Waals surface area contributed by atoms with E-state index in [1.807, 2.05) is 5.32 Å². The fourth-order valence-electron chi connectivity index (χ4n) is 2.51. The summed E-state index contributed by atoms with van der Waals surface area (Å²) >= 11 is 1.16. The zero-order chi connectivity index (χ0) is 22.5. The summed E-state index contributed by atoms with van der Waals surface area (Å²) < 4.78 is 34.3. The Morgan fingerprint density at radius 3 is 2.27 bits per heavy atom. The second-order valence-electron chi connectivity index (χ2n) is 6.23. The van der Waals surface area contributed by atoms with Gasteiger partial charge in [0.1, 0.15) is 10.8 Å². The van der Waals surface area contributed by atoms with Crippen molar-refractivity contribution < 1.29 is 32.3 Å². The van der Waals surface area contributed by atoms with E-state index in [9.17, 15) is 22.8 Å². The summed E-state index contributed by atoms with van der Waals surface area (Å²) in [7, 11) is -1.08. The van der Waals surface area contributed by atoms with Crippen LogP contribution in [0.1, 0.15) is 27.2 Å². The molecule has 1 aromatic heterocycles. The Labute approximate surface area is 178 Å². The topological polar surface area (TPSA) is 128 Å². The van der Waals surface area contributed by atoms with Gasteiger partial charge >= 0.3 is 6.09 Å². The fourth-order valence-corrected chi connectivity index (χ4v) is 4.83. The van der Waals surface area contributed by atoms with E-state index in [2.05, 4.69) is 10.1 Å². The normalized spacial score (nSPS) is 10.9. The van der Waals surface area contributed by atoms with Crippen molar-refractivity contribution in [3.63, 3.8) is 0 Å². The van der Waals surface area contributed by atoms with Crippen LogP contribution < -0.4 is 15.4 Å². The Morgan fingerprint density at radius 1 is 1.07 bits per heavy atom. The number of anilines is 1. The monoisotopic (exact) mass is 454 g/mol. The second kappa shape index (κ2) is 9.72. The average molecular weight is 455 g/mol. The highest BCUT2D eigenvalue weighted by molar-refractivity contribution is 7.91. The summed E-state index contributed by atoms with van der Waals surface area (Å²) in [6, 6.07) is 5.87. The first-order valence-corrected chi connectivity index (χ1v) is 11.2. The van der Waals surface area contributed by atoms with Crippen molar-refractivity contribution in [1.82, 2.24) is 5.32 Å². The molecule has 9 nitrogen and oxygen atoms in total. The first-order valence-electron chi connectivity index (χ1n) is 8.75. The molecular formula is C19H22N2O7S2. The molecule has 0 saturated heterocycles. The van der Waals surface area contributed by atoms with E-state index in [-0.39, 0.29) is 21.9 Å². The van der Waals surface area contributed by atoms with Crippen molar-refractivity contribution in [1.29, 1.82) is 0 Å². The summed E-state index contributed by atoms with van der Waals surface area (Å²) in [6.07, 6.45) is -1.23. The Hall–Kier alpha value is -2.92. The summed E-state index contributed by atoms with van der Waals surface area (Å²) in [4.78, 5) is 36.9. The minimum absolute atomic E-state index is 0.0806. The smallest absolute Gasteiger partial charge is 0.413 e. The lowest BCUT2D eigenvalue weighted by molar-refractivity contribution is -0.115. The largest absolute Gasteiger partial charge is 0.497 e. The van der Waals surface area contributed by atoms with Crippen LogP contribution in [0, 0.1) is 13.8 Å². The molecule has 1 aromatic carbocycles. The minimum atomic E-state index is -3.67. The van der Waals surface area contributed by atoms with E-state index >= 15 is 0 Å². The first-order chi connectivity index (χ1) is 14.1. The van der Waals surface area contributed by atoms with Crippen molar-refractivity contribution in [2.75, 3.05) is 25.3 Å². The third-order valence-electron chi connectivity index (χ3n) is 4.28. The molecule has 0 radical (unpaired) electrons. The van der Waals surface area contributed by atoms with Gasteiger partial charge in [0, 0.05) is 11.3 Å². The molecule has 3 amide bonds. The third-order valence-corrected chi connectivity index (χ3v) is 7.14. The van der Waals surface area contributed by atoms with Crippen molar-refractivity contribution in [2.45, 2.75) is 25.2 Å². The molecule has 2 N–H and O–H groups in total. The molecule has 30 heavy (non-hydrogen) atoms. The van der Waals surface area contributed by atoms with Gasteiger partial charge < -0.3 is 14.8 Å². The summed E-state index contributed by atoms with van der Waals surface area (Å²) in [5, 5.41) is 4.85. The number of carbonyl (C=O) groups is 3. The van der Waals surface area contributed by atoms with E-state index in [1.54, 1.807) is 13.8 Å². The number of hydrogen-bond acceptors (Lipinski definition) is 8. The van der Waals surface area contributed by atoms with Gasteiger partial charge in [0.05, 0.1) is 30.4 Å². The molecule has 0 aliphatic rings. The number of hydrogen-bond donors (Lipinski definition) is 2. The number of thiophene rings is 1. The average Bonchev–Trinajstić information content (AvgIpc) is 2.99. The number of ether oxygens (including phenoxy) is 2. The number of sulfone groups is 1. The minimum Gasteiger partial charge on any atom is -0.497 e. The highest BCUT2D eigenvalue weighted by atomic mass is 32.2. The molecule has 0 unspecified atom stereocenters. The van der Waals surface area contributed by atoms with Crippen LogP contribution in [-0.2, 0) is 19.4 Å². The fraction of sp³-hybridized carbons (Fsp3) is 0.316. The predicted molar refractivity (Wildman–Crippen MR) is 112 cm³/mol. The molecule has 0 aliphatic carbocycles. The molecule has 0 bridgehead atoms. The summed E-state index contributed by atoms with van der Waals surface area (Å²) in [5.74, 6) is -1.17. The van der Waals surface area contributed by atoms with Crippen LogP contribution in [-0.4, -0.2) is 46.3 Å². The van der Waals surface area contributed by atoms with Gasteiger partial charge in [-0.1, -0.05) is 0 Å². The molecule has 2 aromatic rings. The molecule has 0 spiro atoms. The second-order valence-corrected chi connectivity index (χ2v) is 9.56. The number of methoxy groups -OCH3 is 2. The maximum Gasteiger partial charge on any atom is 0.413 e. The zero-order valence-electron chi connectivity index (χ0n) is 16.9. The van der Waals surface area contributed by atoms with Gasteiger partial charge in [-0.15, -0.1) is 11.3 Å². The molecule has 162 valence electrons. The van der Waals surface area contributed by atoms with Crippen molar-refractivity contribution in [3.8, 4) is 5.75 Å². The molecule has 0 fully saturated rings. The number of rotatable bonds is 7. The Balaban J connectivity index is 2.10. The van der Waals surface area contributed by atoms with E-state index < -0.39 is 33.5 Å². The maximum atomic E-state index is 12.4.